The number of halogens is 1. The Hall–Kier alpha value is -2.00. The van der Waals surface area contributed by atoms with Gasteiger partial charge in [0.25, 0.3) is 0 Å². The fourth-order valence-corrected chi connectivity index (χ4v) is 2.97. The van der Waals surface area contributed by atoms with Crippen LogP contribution < -0.4 is 4.74 Å². The summed E-state index contributed by atoms with van der Waals surface area (Å²) in [5.74, 6) is 1.44. The van der Waals surface area contributed by atoms with E-state index in [1.165, 1.54) is 6.92 Å². The molecule has 1 unspecified atom stereocenters. The van der Waals surface area contributed by atoms with Crippen LogP contribution in [-0.2, 0) is 16.0 Å². The first-order valence-corrected chi connectivity index (χ1v) is 7.64. The molecule has 2 aromatic carbocycles. The van der Waals surface area contributed by atoms with E-state index in [0.29, 0.717) is 11.6 Å². The number of hydrogen-bond acceptors (Lipinski definition) is 3. The molecular weight excluding hydrogens is 300 g/mol. The first kappa shape index (κ1) is 14.9. The monoisotopic (exact) mass is 316 g/mol. The zero-order chi connectivity index (χ0) is 15.7. The number of para-hydroxylation sites is 1. The number of hydrogen-bond donors (Lipinski definition) is 0. The molecule has 1 heterocycles. The molecule has 4 heteroatoms. The van der Waals surface area contributed by atoms with E-state index in [-0.39, 0.29) is 11.9 Å². The summed E-state index contributed by atoms with van der Waals surface area (Å²) in [4.78, 5) is 11.0. The summed E-state index contributed by atoms with van der Waals surface area (Å²) >= 11 is 6.38. The van der Waals surface area contributed by atoms with Gasteiger partial charge in [0.05, 0.1) is 6.61 Å². The highest BCUT2D eigenvalue weighted by Crippen LogP contribution is 2.40. The molecule has 0 N–H and O–H groups in total. The van der Waals surface area contributed by atoms with Crippen molar-refractivity contribution in [1.82, 2.24) is 0 Å². The van der Waals surface area contributed by atoms with Gasteiger partial charge in [-0.3, -0.25) is 4.79 Å². The zero-order valence-corrected chi connectivity index (χ0v) is 13.3. The van der Waals surface area contributed by atoms with Crippen LogP contribution in [0.2, 0.25) is 5.02 Å². The molecule has 1 aliphatic rings. The molecular formula is C18H17ClO3. The summed E-state index contributed by atoms with van der Waals surface area (Å²) in [7, 11) is 0. The molecule has 0 bridgehead atoms. The van der Waals surface area contributed by atoms with E-state index in [0.717, 1.165) is 34.6 Å². The number of carbonyl (C=O) groups excluding carboxylic acids is 1. The zero-order valence-electron chi connectivity index (χ0n) is 12.6. The van der Waals surface area contributed by atoms with Crippen LogP contribution >= 0.6 is 11.6 Å². The smallest absolute Gasteiger partial charge is 0.302 e. The Kier molecular flexibility index (Phi) is 4.08. The summed E-state index contributed by atoms with van der Waals surface area (Å²) in [6.45, 7) is 3.73. The molecule has 0 fully saturated rings. The predicted octanol–water partition coefficient (Wildman–Crippen LogP) is 4.70. The van der Waals surface area contributed by atoms with Crippen LogP contribution in [-0.4, -0.2) is 12.6 Å². The summed E-state index contributed by atoms with van der Waals surface area (Å²) < 4.78 is 11.0. The molecule has 0 saturated heterocycles. The molecule has 3 rings (SSSR count). The van der Waals surface area contributed by atoms with Crippen molar-refractivity contribution in [3.05, 3.63) is 58.1 Å². The van der Waals surface area contributed by atoms with Crippen LogP contribution in [0.3, 0.4) is 0 Å². The molecule has 1 aliphatic heterocycles. The molecule has 1 atom stereocenters. The SMILES string of the molecule is CC(=O)OCC(C)c1cc2c(cc1Cl)Oc1ccccc1C2. The van der Waals surface area contributed by atoms with Crippen molar-refractivity contribution in [3.63, 3.8) is 0 Å². The Bertz CT molecular complexity index is 724. The van der Waals surface area contributed by atoms with Gasteiger partial charge >= 0.3 is 5.97 Å². The van der Waals surface area contributed by atoms with Crippen molar-refractivity contribution in [3.8, 4) is 11.5 Å². The third kappa shape index (κ3) is 2.95. The lowest BCUT2D eigenvalue weighted by Gasteiger charge is -2.23. The first-order chi connectivity index (χ1) is 10.5. The number of fused-ring (bicyclic) bond motifs is 2. The maximum absolute atomic E-state index is 11.0. The van der Waals surface area contributed by atoms with Gasteiger partial charge in [-0.25, -0.2) is 0 Å². The Labute approximate surface area is 134 Å². The highest BCUT2D eigenvalue weighted by molar-refractivity contribution is 6.31. The van der Waals surface area contributed by atoms with E-state index in [4.69, 9.17) is 21.1 Å². The van der Waals surface area contributed by atoms with Crippen molar-refractivity contribution in [1.29, 1.82) is 0 Å². The number of benzene rings is 2. The summed E-state index contributed by atoms with van der Waals surface area (Å²) in [5.41, 5.74) is 3.24. The van der Waals surface area contributed by atoms with Crippen LogP contribution in [0, 0.1) is 0 Å². The summed E-state index contributed by atoms with van der Waals surface area (Å²) in [5, 5.41) is 0.637. The average Bonchev–Trinajstić information content (AvgIpc) is 2.50. The van der Waals surface area contributed by atoms with Gasteiger partial charge in [0.1, 0.15) is 11.5 Å². The molecule has 0 saturated carbocycles. The lowest BCUT2D eigenvalue weighted by molar-refractivity contribution is -0.141. The minimum Gasteiger partial charge on any atom is -0.465 e. The van der Waals surface area contributed by atoms with Crippen LogP contribution in [0.15, 0.2) is 36.4 Å². The molecule has 0 aromatic heterocycles. The van der Waals surface area contributed by atoms with Crippen molar-refractivity contribution in [2.45, 2.75) is 26.2 Å². The highest BCUT2D eigenvalue weighted by Gasteiger charge is 2.21. The van der Waals surface area contributed by atoms with E-state index in [1.807, 2.05) is 31.2 Å². The summed E-state index contributed by atoms with van der Waals surface area (Å²) in [6.07, 6.45) is 0.815. The van der Waals surface area contributed by atoms with Gasteiger partial charge in [0.15, 0.2) is 0 Å². The second-order valence-electron chi connectivity index (χ2n) is 5.57. The Balaban J connectivity index is 1.89. The molecule has 0 radical (unpaired) electrons. The molecule has 22 heavy (non-hydrogen) atoms. The standard InChI is InChI=1S/C18H17ClO3/c1-11(10-21-12(2)20)15-8-14-7-13-5-3-4-6-17(13)22-18(14)9-16(15)19/h3-6,8-9,11H,7,10H2,1-2H3. The van der Waals surface area contributed by atoms with Crippen molar-refractivity contribution in [2.24, 2.45) is 0 Å². The molecule has 0 spiro atoms. The minimum absolute atomic E-state index is 0.0406. The largest absolute Gasteiger partial charge is 0.465 e. The van der Waals surface area contributed by atoms with Gasteiger partial charge in [0.2, 0.25) is 0 Å². The normalized spacial score (nSPS) is 13.6. The average molecular weight is 317 g/mol. The van der Waals surface area contributed by atoms with Gasteiger partial charge in [-0.1, -0.05) is 36.7 Å². The highest BCUT2D eigenvalue weighted by atomic mass is 35.5. The van der Waals surface area contributed by atoms with Crippen LogP contribution in [0.5, 0.6) is 11.5 Å². The molecule has 0 aliphatic carbocycles. The third-order valence-corrected chi connectivity index (χ3v) is 4.15. The van der Waals surface area contributed by atoms with Crippen molar-refractivity contribution < 1.29 is 14.3 Å². The maximum Gasteiger partial charge on any atom is 0.302 e. The van der Waals surface area contributed by atoms with Gasteiger partial charge in [-0.2, -0.15) is 0 Å². The Morgan fingerprint density at radius 3 is 2.82 bits per heavy atom. The van der Waals surface area contributed by atoms with Crippen LogP contribution in [0.1, 0.15) is 36.5 Å². The van der Waals surface area contributed by atoms with Crippen molar-refractivity contribution in [2.75, 3.05) is 6.61 Å². The van der Waals surface area contributed by atoms with Gasteiger partial charge in [0, 0.05) is 24.3 Å². The minimum atomic E-state index is -0.279. The van der Waals surface area contributed by atoms with E-state index < -0.39 is 0 Å². The molecule has 114 valence electrons. The Morgan fingerprint density at radius 2 is 2.05 bits per heavy atom. The van der Waals surface area contributed by atoms with E-state index in [9.17, 15) is 4.79 Å². The number of ether oxygens (including phenoxy) is 2. The van der Waals surface area contributed by atoms with Gasteiger partial charge < -0.3 is 9.47 Å². The second-order valence-corrected chi connectivity index (χ2v) is 5.98. The third-order valence-electron chi connectivity index (χ3n) is 3.82. The van der Waals surface area contributed by atoms with Gasteiger partial charge in [-0.15, -0.1) is 0 Å². The topological polar surface area (TPSA) is 35.5 Å². The molecule has 2 aromatic rings. The van der Waals surface area contributed by atoms with Crippen LogP contribution in [0.25, 0.3) is 0 Å². The molecule has 0 amide bonds. The first-order valence-electron chi connectivity index (χ1n) is 7.26. The van der Waals surface area contributed by atoms with Gasteiger partial charge in [-0.05, 0) is 34.9 Å². The molecule has 3 nitrogen and oxygen atoms in total. The van der Waals surface area contributed by atoms with Crippen LogP contribution in [0.4, 0.5) is 0 Å². The fraction of sp³-hybridized carbons (Fsp3) is 0.278. The van der Waals surface area contributed by atoms with E-state index in [1.54, 1.807) is 0 Å². The lowest BCUT2D eigenvalue weighted by atomic mass is 9.94. The Morgan fingerprint density at radius 1 is 1.27 bits per heavy atom. The second kappa shape index (κ2) is 6.01. The number of rotatable bonds is 3. The van der Waals surface area contributed by atoms with Crippen molar-refractivity contribution >= 4 is 17.6 Å². The van der Waals surface area contributed by atoms with E-state index >= 15 is 0 Å². The predicted molar refractivity (Wildman–Crippen MR) is 85.8 cm³/mol. The van der Waals surface area contributed by atoms with E-state index in [2.05, 4.69) is 12.1 Å². The number of esters is 1. The number of carbonyl (C=O) groups is 1. The summed E-state index contributed by atoms with van der Waals surface area (Å²) in [6, 6.07) is 11.9. The maximum atomic E-state index is 11.0. The quantitative estimate of drug-likeness (QED) is 0.657. The fourth-order valence-electron chi connectivity index (χ4n) is 2.63. The lowest BCUT2D eigenvalue weighted by Crippen LogP contribution is -2.10.